The summed E-state index contributed by atoms with van der Waals surface area (Å²) in [6, 6.07) is 9.99. The first-order valence-electron chi connectivity index (χ1n) is 9.43. The highest BCUT2D eigenvalue weighted by Crippen LogP contribution is 2.32. The maximum atomic E-state index is 14.0. The number of halogens is 2. The molecule has 0 saturated carbocycles. The Morgan fingerprint density at radius 1 is 1.14 bits per heavy atom. The van der Waals surface area contributed by atoms with Gasteiger partial charge in [0.2, 0.25) is 0 Å². The lowest BCUT2D eigenvalue weighted by Crippen LogP contribution is -2.36. The van der Waals surface area contributed by atoms with Gasteiger partial charge < -0.3 is 10.2 Å². The third-order valence-corrected chi connectivity index (χ3v) is 5.55. The van der Waals surface area contributed by atoms with E-state index in [0.29, 0.717) is 27.2 Å². The molecule has 1 fully saturated rings. The highest BCUT2D eigenvalue weighted by molar-refractivity contribution is 6.31. The molecule has 2 heterocycles. The maximum Gasteiger partial charge on any atom is 0.257 e. The van der Waals surface area contributed by atoms with Crippen molar-refractivity contribution in [3.63, 3.8) is 0 Å². The van der Waals surface area contributed by atoms with Crippen molar-refractivity contribution >= 4 is 39.8 Å². The van der Waals surface area contributed by atoms with Gasteiger partial charge in [-0.2, -0.15) is 0 Å². The fourth-order valence-electron chi connectivity index (χ4n) is 3.54. The number of hydrogen-bond acceptors (Lipinski definition) is 3. The average molecular weight is 398 g/mol. The van der Waals surface area contributed by atoms with Crippen LogP contribution in [0.3, 0.4) is 0 Å². The molecule has 2 aromatic carbocycles. The minimum Gasteiger partial charge on any atom is -0.354 e. The second-order valence-electron chi connectivity index (χ2n) is 7.15. The second kappa shape index (κ2) is 7.76. The first-order chi connectivity index (χ1) is 13.5. The average Bonchev–Trinajstić information content (AvgIpc) is 2.71. The third-order valence-electron chi connectivity index (χ3n) is 5.14. The summed E-state index contributed by atoms with van der Waals surface area (Å²) in [6.07, 6.45) is 4.71. The number of carbonyl (C=O) groups excluding carboxylic acids is 1. The number of piperidine rings is 1. The van der Waals surface area contributed by atoms with E-state index >= 15 is 0 Å². The molecular formula is C22H21ClFN3O. The lowest BCUT2D eigenvalue weighted by molar-refractivity contribution is 0.0725. The van der Waals surface area contributed by atoms with Gasteiger partial charge in [0.1, 0.15) is 5.82 Å². The molecule has 1 saturated heterocycles. The quantitative estimate of drug-likeness (QED) is 0.616. The molecule has 1 aliphatic rings. The Kier molecular flexibility index (Phi) is 5.18. The van der Waals surface area contributed by atoms with Crippen LogP contribution in [-0.2, 0) is 0 Å². The summed E-state index contributed by atoms with van der Waals surface area (Å²) >= 11 is 6.26. The molecule has 0 bridgehead atoms. The fraction of sp³-hybridized carbons (Fsp3) is 0.273. The van der Waals surface area contributed by atoms with Crippen molar-refractivity contribution in [3.05, 3.63) is 64.6 Å². The molecule has 1 N–H and O–H groups in total. The third kappa shape index (κ3) is 3.67. The first kappa shape index (κ1) is 18.7. The van der Waals surface area contributed by atoms with E-state index in [1.807, 2.05) is 24.0 Å². The highest BCUT2D eigenvalue weighted by Gasteiger charge is 2.23. The van der Waals surface area contributed by atoms with E-state index in [4.69, 9.17) is 11.6 Å². The molecule has 0 aliphatic carbocycles. The van der Waals surface area contributed by atoms with Gasteiger partial charge in [-0.15, -0.1) is 0 Å². The van der Waals surface area contributed by atoms with Crippen LogP contribution in [0.2, 0.25) is 5.02 Å². The lowest BCUT2D eigenvalue weighted by atomic mass is 10.1. The van der Waals surface area contributed by atoms with E-state index in [-0.39, 0.29) is 11.7 Å². The SMILES string of the molecule is Cc1ccc(Nc2c(C(=O)N3CCCCC3)cnc3ccc(F)cc23)cc1Cl. The molecule has 144 valence electrons. The molecule has 4 nitrogen and oxygen atoms in total. The van der Waals surface area contributed by atoms with Gasteiger partial charge in [-0.05, 0) is 62.1 Å². The molecule has 0 spiro atoms. The number of carbonyl (C=O) groups is 1. The van der Waals surface area contributed by atoms with E-state index in [1.165, 1.54) is 12.1 Å². The van der Waals surface area contributed by atoms with Crippen molar-refractivity contribution in [2.24, 2.45) is 0 Å². The summed E-state index contributed by atoms with van der Waals surface area (Å²) in [7, 11) is 0. The predicted octanol–water partition coefficient (Wildman–Crippen LogP) is 5.71. The van der Waals surface area contributed by atoms with Gasteiger partial charge in [0, 0.05) is 35.4 Å². The van der Waals surface area contributed by atoms with E-state index in [2.05, 4.69) is 10.3 Å². The summed E-state index contributed by atoms with van der Waals surface area (Å²) < 4.78 is 14.0. The molecule has 1 aromatic heterocycles. The van der Waals surface area contributed by atoms with Gasteiger partial charge in [-0.25, -0.2) is 4.39 Å². The van der Waals surface area contributed by atoms with Gasteiger partial charge in [0.25, 0.3) is 5.91 Å². The molecule has 0 atom stereocenters. The standard InChI is InChI=1S/C22H21ClFN3O/c1-14-5-7-16(12-19(14)23)26-21-17-11-15(24)6-8-20(17)25-13-18(21)22(28)27-9-3-2-4-10-27/h5-8,11-13H,2-4,9-10H2,1H3,(H,25,26). The molecule has 3 aromatic rings. The molecule has 1 amide bonds. The molecule has 1 aliphatic heterocycles. The minimum absolute atomic E-state index is 0.0842. The zero-order chi connectivity index (χ0) is 19.7. The van der Waals surface area contributed by atoms with Crippen LogP contribution >= 0.6 is 11.6 Å². The number of aromatic nitrogens is 1. The lowest BCUT2D eigenvalue weighted by Gasteiger charge is -2.27. The normalized spacial score (nSPS) is 14.3. The number of aryl methyl sites for hydroxylation is 1. The molecule has 4 rings (SSSR count). The van der Waals surface area contributed by atoms with Crippen molar-refractivity contribution in [1.29, 1.82) is 0 Å². The van der Waals surface area contributed by atoms with Crippen LogP contribution in [0.1, 0.15) is 35.2 Å². The summed E-state index contributed by atoms with van der Waals surface area (Å²) in [5.74, 6) is -0.457. The molecule has 28 heavy (non-hydrogen) atoms. The summed E-state index contributed by atoms with van der Waals surface area (Å²) in [5.41, 5.74) is 3.32. The predicted molar refractivity (Wildman–Crippen MR) is 111 cm³/mol. The Bertz CT molecular complexity index is 1050. The number of rotatable bonds is 3. The number of hydrogen-bond donors (Lipinski definition) is 1. The maximum absolute atomic E-state index is 14.0. The van der Waals surface area contributed by atoms with Crippen LogP contribution < -0.4 is 5.32 Å². The van der Waals surface area contributed by atoms with E-state index in [0.717, 1.165) is 43.6 Å². The van der Waals surface area contributed by atoms with Crippen LogP contribution in [0, 0.1) is 12.7 Å². The smallest absolute Gasteiger partial charge is 0.257 e. The Balaban J connectivity index is 1.83. The van der Waals surface area contributed by atoms with Crippen molar-refractivity contribution < 1.29 is 9.18 Å². The fourth-order valence-corrected chi connectivity index (χ4v) is 3.72. The number of fused-ring (bicyclic) bond motifs is 1. The zero-order valence-corrected chi connectivity index (χ0v) is 16.4. The molecule has 0 radical (unpaired) electrons. The number of amides is 1. The van der Waals surface area contributed by atoms with Crippen LogP contribution in [0.15, 0.2) is 42.6 Å². The molecule has 0 unspecified atom stereocenters. The Labute approximate surface area is 168 Å². The van der Waals surface area contributed by atoms with Gasteiger partial charge in [0.05, 0.1) is 16.8 Å². The van der Waals surface area contributed by atoms with Crippen LogP contribution in [0.25, 0.3) is 10.9 Å². The largest absolute Gasteiger partial charge is 0.354 e. The van der Waals surface area contributed by atoms with Gasteiger partial charge in [-0.1, -0.05) is 17.7 Å². The summed E-state index contributed by atoms with van der Waals surface area (Å²) in [6.45, 7) is 3.39. The number of nitrogens with zero attached hydrogens (tertiary/aromatic N) is 2. The van der Waals surface area contributed by atoms with Gasteiger partial charge in [0.15, 0.2) is 0 Å². The van der Waals surface area contributed by atoms with Crippen LogP contribution in [0.5, 0.6) is 0 Å². The monoisotopic (exact) mass is 397 g/mol. The van der Waals surface area contributed by atoms with Gasteiger partial charge >= 0.3 is 0 Å². The molecular weight excluding hydrogens is 377 g/mol. The Hall–Kier alpha value is -2.66. The van der Waals surface area contributed by atoms with Crippen molar-refractivity contribution in [2.75, 3.05) is 18.4 Å². The van der Waals surface area contributed by atoms with Crippen LogP contribution in [-0.4, -0.2) is 28.9 Å². The highest BCUT2D eigenvalue weighted by atomic mass is 35.5. The van der Waals surface area contributed by atoms with Crippen molar-refractivity contribution in [1.82, 2.24) is 9.88 Å². The summed E-state index contributed by atoms with van der Waals surface area (Å²) in [5, 5.41) is 4.48. The molecule has 6 heteroatoms. The van der Waals surface area contributed by atoms with E-state index in [1.54, 1.807) is 18.3 Å². The second-order valence-corrected chi connectivity index (χ2v) is 7.56. The summed E-state index contributed by atoms with van der Waals surface area (Å²) in [4.78, 5) is 19.4. The number of anilines is 2. The number of nitrogens with one attached hydrogen (secondary N) is 1. The number of likely N-dealkylation sites (tertiary alicyclic amines) is 1. The van der Waals surface area contributed by atoms with E-state index < -0.39 is 0 Å². The Morgan fingerprint density at radius 3 is 2.68 bits per heavy atom. The topological polar surface area (TPSA) is 45.2 Å². The van der Waals surface area contributed by atoms with Crippen LogP contribution in [0.4, 0.5) is 15.8 Å². The number of pyridine rings is 1. The van der Waals surface area contributed by atoms with E-state index in [9.17, 15) is 9.18 Å². The van der Waals surface area contributed by atoms with Crippen molar-refractivity contribution in [3.8, 4) is 0 Å². The van der Waals surface area contributed by atoms with Gasteiger partial charge in [-0.3, -0.25) is 9.78 Å². The number of benzene rings is 2. The zero-order valence-electron chi connectivity index (χ0n) is 15.6. The minimum atomic E-state index is -0.373. The van der Waals surface area contributed by atoms with Crippen molar-refractivity contribution in [2.45, 2.75) is 26.2 Å². The Morgan fingerprint density at radius 2 is 1.93 bits per heavy atom. The first-order valence-corrected chi connectivity index (χ1v) is 9.81.